The van der Waals surface area contributed by atoms with Gasteiger partial charge >= 0.3 is 23.9 Å². The van der Waals surface area contributed by atoms with Gasteiger partial charge in [0, 0.05) is 20.8 Å². The van der Waals surface area contributed by atoms with Gasteiger partial charge < -0.3 is 23.7 Å². The smallest absolute Gasteiger partial charge is 0.339 e. The molecule has 0 aliphatic carbocycles. The first kappa shape index (κ1) is 20.4. The zero-order valence-electron chi connectivity index (χ0n) is 13.9. The van der Waals surface area contributed by atoms with Crippen molar-refractivity contribution in [3.63, 3.8) is 0 Å². The van der Waals surface area contributed by atoms with Gasteiger partial charge in [-0.1, -0.05) is 15.9 Å². The molecule has 136 valence electrons. The summed E-state index contributed by atoms with van der Waals surface area (Å²) in [6.07, 6.45) is -3.95. The number of hydrogen-bond donors (Lipinski definition) is 0. The molecule has 0 N–H and O–H groups in total. The molecule has 10 heteroatoms. The summed E-state index contributed by atoms with van der Waals surface area (Å²) >= 11 is 3.14. The minimum atomic E-state index is -1.69. The number of carbonyl (C=O) groups is 4. The van der Waals surface area contributed by atoms with Crippen LogP contribution < -0.4 is 0 Å². The highest BCUT2D eigenvalue weighted by Crippen LogP contribution is 2.39. The van der Waals surface area contributed by atoms with E-state index >= 15 is 0 Å². The lowest BCUT2D eigenvalue weighted by atomic mass is 9.85. The minimum absolute atomic E-state index is 0.676. The summed E-state index contributed by atoms with van der Waals surface area (Å²) in [6.45, 7) is 4.78. The molecule has 1 heterocycles. The standard InChI is InChI=1S/C14H19BrO9/c1-6(16)21-10-9(13(19)20-5)23-12(15)11(22-7(2)17)14(10,4)24-8(3)18/h9-12H,1-5H3/t9-,10-,11+,12+,14-/m1/s1. The molecular weight excluding hydrogens is 392 g/mol. The molecule has 0 aromatic carbocycles. The Balaban J connectivity index is 3.40. The molecule has 0 spiro atoms. The second-order valence-electron chi connectivity index (χ2n) is 5.27. The quantitative estimate of drug-likeness (QED) is 0.370. The van der Waals surface area contributed by atoms with E-state index in [9.17, 15) is 19.2 Å². The Morgan fingerprint density at radius 3 is 1.88 bits per heavy atom. The molecule has 24 heavy (non-hydrogen) atoms. The monoisotopic (exact) mass is 410 g/mol. The maximum Gasteiger partial charge on any atom is 0.339 e. The lowest BCUT2D eigenvalue weighted by Gasteiger charge is -2.48. The van der Waals surface area contributed by atoms with Crippen molar-refractivity contribution in [3.8, 4) is 0 Å². The summed E-state index contributed by atoms with van der Waals surface area (Å²) < 4.78 is 25.7. The van der Waals surface area contributed by atoms with Gasteiger partial charge in [0.1, 0.15) is 0 Å². The van der Waals surface area contributed by atoms with Gasteiger partial charge in [-0.05, 0) is 6.92 Å². The summed E-state index contributed by atoms with van der Waals surface area (Å²) in [5.41, 5.74) is -1.69. The Kier molecular flexibility index (Phi) is 6.73. The first-order valence-electron chi connectivity index (χ1n) is 6.94. The highest BCUT2D eigenvalue weighted by Gasteiger charge is 2.61. The largest absolute Gasteiger partial charge is 0.467 e. The highest BCUT2D eigenvalue weighted by atomic mass is 79.9. The summed E-state index contributed by atoms with van der Waals surface area (Å²) in [5, 5.41) is -1.01. The fraction of sp³-hybridized carbons (Fsp3) is 0.714. The second-order valence-corrected chi connectivity index (χ2v) is 6.17. The van der Waals surface area contributed by atoms with E-state index in [1.165, 1.54) is 6.92 Å². The molecule has 1 saturated heterocycles. The third-order valence-electron chi connectivity index (χ3n) is 3.30. The topological polar surface area (TPSA) is 114 Å². The highest BCUT2D eigenvalue weighted by molar-refractivity contribution is 9.09. The lowest BCUT2D eigenvalue weighted by molar-refractivity contribution is -0.264. The number of ether oxygens (including phenoxy) is 5. The molecule has 9 nitrogen and oxygen atoms in total. The van der Waals surface area contributed by atoms with E-state index < -0.39 is 52.8 Å². The molecule has 0 saturated carbocycles. The van der Waals surface area contributed by atoms with Gasteiger partial charge in [0.2, 0.25) is 0 Å². The van der Waals surface area contributed by atoms with E-state index in [0.717, 1.165) is 27.9 Å². The first-order chi connectivity index (χ1) is 11.0. The van der Waals surface area contributed by atoms with Gasteiger partial charge in [-0.3, -0.25) is 14.4 Å². The lowest BCUT2D eigenvalue weighted by Crippen LogP contribution is -2.68. The molecule has 1 fully saturated rings. The number of alkyl halides is 1. The fourth-order valence-electron chi connectivity index (χ4n) is 2.43. The number of esters is 4. The van der Waals surface area contributed by atoms with Crippen molar-refractivity contribution in [2.75, 3.05) is 7.11 Å². The van der Waals surface area contributed by atoms with Gasteiger partial charge in [0.15, 0.2) is 28.9 Å². The van der Waals surface area contributed by atoms with Gasteiger partial charge in [-0.15, -0.1) is 0 Å². The van der Waals surface area contributed by atoms with E-state index in [0.29, 0.717) is 0 Å². The summed E-state index contributed by atoms with van der Waals surface area (Å²) in [4.78, 5) is 46.4. The number of carbonyl (C=O) groups excluding carboxylic acids is 4. The van der Waals surface area contributed by atoms with Crippen LogP contribution in [0, 0.1) is 0 Å². The molecule has 1 aliphatic rings. The maximum absolute atomic E-state index is 12.0. The summed E-state index contributed by atoms with van der Waals surface area (Å²) in [6, 6.07) is 0. The normalized spacial score (nSPS) is 32.4. The van der Waals surface area contributed by atoms with E-state index in [1.54, 1.807) is 0 Å². The van der Waals surface area contributed by atoms with Crippen molar-refractivity contribution < 1.29 is 42.9 Å². The van der Waals surface area contributed by atoms with Gasteiger partial charge in [0.05, 0.1) is 7.11 Å². The van der Waals surface area contributed by atoms with Crippen LogP contribution in [-0.4, -0.2) is 59.9 Å². The van der Waals surface area contributed by atoms with Crippen molar-refractivity contribution >= 4 is 39.8 Å². The van der Waals surface area contributed by atoms with E-state index in [4.69, 9.17) is 18.9 Å². The average Bonchev–Trinajstić information content (AvgIpc) is 2.44. The molecule has 0 aromatic rings. The van der Waals surface area contributed by atoms with Crippen LogP contribution in [0.2, 0.25) is 0 Å². The van der Waals surface area contributed by atoms with Gasteiger partial charge in [-0.2, -0.15) is 0 Å². The van der Waals surface area contributed by atoms with Crippen LogP contribution in [0.1, 0.15) is 27.7 Å². The summed E-state index contributed by atoms with van der Waals surface area (Å²) in [7, 11) is 1.13. The van der Waals surface area contributed by atoms with Crippen molar-refractivity contribution in [1.82, 2.24) is 0 Å². The third-order valence-corrected chi connectivity index (χ3v) is 4.00. The Morgan fingerprint density at radius 1 is 0.958 bits per heavy atom. The molecule has 1 aliphatic heterocycles. The van der Waals surface area contributed by atoms with Crippen LogP contribution >= 0.6 is 15.9 Å². The van der Waals surface area contributed by atoms with Crippen molar-refractivity contribution in [3.05, 3.63) is 0 Å². The fourth-order valence-corrected chi connectivity index (χ4v) is 3.30. The average molecular weight is 411 g/mol. The number of methoxy groups -OCH3 is 1. The third kappa shape index (κ3) is 4.44. The van der Waals surface area contributed by atoms with E-state index in [1.807, 2.05) is 0 Å². The summed E-state index contributed by atoms with van der Waals surface area (Å²) in [5.74, 6) is -2.99. The van der Waals surface area contributed by atoms with Gasteiger partial charge in [-0.25, -0.2) is 4.79 Å². The number of rotatable bonds is 4. The SMILES string of the molecule is COC(=O)[C@@H]1O[C@H](Br)[C@H](OC(C)=O)[C@](C)(OC(C)=O)[C@@H]1OC(C)=O. The molecule has 1 rings (SSSR count). The van der Waals surface area contributed by atoms with Crippen LogP contribution in [0.3, 0.4) is 0 Å². The van der Waals surface area contributed by atoms with E-state index in [-0.39, 0.29) is 0 Å². The predicted octanol–water partition coefficient (Wildman–Crippen LogP) is 0.464. The Labute approximate surface area is 147 Å². The molecule has 0 radical (unpaired) electrons. The second kappa shape index (κ2) is 7.93. The molecule has 0 aromatic heterocycles. The number of hydrogen-bond acceptors (Lipinski definition) is 9. The predicted molar refractivity (Wildman–Crippen MR) is 80.9 cm³/mol. The molecule has 0 bridgehead atoms. The van der Waals surface area contributed by atoms with E-state index in [2.05, 4.69) is 20.7 Å². The Morgan fingerprint density at radius 2 is 1.46 bits per heavy atom. The Bertz CT molecular complexity index is 534. The van der Waals surface area contributed by atoms with Crippen molar-refractivity contribution in [2.45, 2.75) is 56.6 Å². The molecule has 0 unspecified atom stereocenters. The van der Waals surface area contributed by atoms with Crippen LogP contribution in [-0.2, 0) is 42.9 Å². The van der Waals surface area contributed by atoms with Crippen LogP contribution in [0.5, 0.6) is 0 Å². The molecule has 5 atom stereocenters. The zero-order chi connectivity index (χ0) is 18.7. The van der Waals surface area contributed by atoms with Crippen molar-refractivity contribution in [1.29, 1.82) is 0 Å². The molecular formula is C14H19BrO9. The van der Waals surface area contributed by atoms with Gasteiger partial charge in [0.25, 0.3) is 0 Å². The first-order valence-corrected chi connectivity index (χ1v) is 7.85. The zero-order valence-corrected chi connectivity index (χ0v) is 15.4. The van der Waals surface area contributed by atoms with Crippen molar-refractivity contribution in [2.24, 2.45) is 0 Å². The van der Waals surface area contributed by atoms with Crippen LogP contribution in [0.15, 0.2) is 0 Å². The maximum atomic E-state index is 12.0. The Hall–Kier alpha value is -1.68. The minimum Gasteiger partial charge on any atom is -0.467 e. The number of halogens is 1. The van der Waals surface area contributed by atoms with Crippen LogP contribution in [0.4, 0.5) is 0 Å². The van der Waals surface area contributed by atoms with Crippen LogP contribution in [0.25, 0.3) is 0 Å². The molecule has 0 amide bonds.